The van der Waals surface area contributed by atoms with E-state index in [1.54, 1.807) is 19.1 Å². The number of hydrogen-bond acceptors (Lipinski definition) is 4. The molecule has 0 spiro atoms. The van der Waals surface area contributed by atoms with E-state index >= 15 is 0 Å². The Labute approximate surface area is 131 Å². The standard InChI is InChI=1S/C18H22N2O2/c1-2-22-18(21)15-9-11-16(12-10-15)20-13-5-7-14-6-3-4-8-17(14)19/h3-4,6,8-12,20H,2,5,7,13,19H2,1H3. The van der Waals surface area contributed by atoms with E-state index < -0.39 is 0 Å². The quantitative estimate of drug-likeness (QED) is 0.466. The predicted octanol–water partition coefficient (Wildman–Crippen LogP) is 3.49. The van der Waals surface area contributed by atoms with Gasteiger partial charge in [0, 0.05) is 17.9 Å². The van der Waals surface area contributed by atoms with Crippen LogP contribution in [0.3, 0.4) is 0 Å². The number of carbonyl (C=O) groups excluding carboxylic acids is 1. The number of esters is 1. The Bertz CT molecular complexity index is 609. The summed E-state index contributed by atoms with van der Waals surface area (Å²) in [6.07, 6.45) is 1.94. The summed E-state index contributed by atoms with van der Waals surface area (Å²) in [5.74, 6) is -0.284. The number of anilines is 2. The van der Waals surface area contributed by atoms with Crippen LogP contribution in [0, 0.1) is 0 Å². The number of rotatable bonds is 7. The van der Waals surface area contributed by atoms with Crippen LogP contribution in [0.15, 0.2) is 48.5 Å². The number of benzene rings is 2. The van der Waals surface area contributed by atoms with E-state index in [-0.39, 0.29) is 5.97 Å². The molecule has 3 N–H and O–H groups in total. The lowest BCUT2D eigenvalue weighted by molar-refractivity contribution is 0.0526. The van der Waals surface area contributed by atoms with Crippen molar-refractivity contribution < 1.29 is 9.53 Å². The van der Waals surface area contributed by atoms with Gasteiger partial charge in [-0.3, -0.25) is 0 Å². The third kappa shape index (κ3) is 4.52. The number of hydrogen-bond donors (Lipinski definition) is 2. The summed E-state index contributed by atoms with van der Waals surface area (Å²) in [6.45, 7) is 3.04. The maximum atomic E-state index is 11.6. The topological polar surface area (TPSA) is 64.3 Å². The van der Waals surface area contributed by atoms with Gasteiger partial charge in [0.25, 0.3) is 0 Å². The van der Waals surface area contributed by atoms with Gasteiger partial charge in [0.1, 0.15) is 0 Å². The van der Waals surface area contributed by atoms with E-state index in [1.807, 2.05) is 30.3 Å². The molecule has 22 heavy (non-hydrogen) atoms. The Kier molecular flexibility index (Phi) is 5.83. The molecule has 0 heterocycles. The van der Waals surface area contributed by atoms with Crippen molar-refractivity contribution in [2.24, 2.45) is 0 Å². The second kappa shape index (κ2) is 8.08. The van der Waals surface area contributed by atoms with Crippen LogP contribution >= 0.6 is 0 Å². The van der Waals surface area contributed by atoms with Crippen molar-refractivity contribution in [2.45, 2.75) is 19.8 Å². The molecule has 0 radical (unpaired) electrons. The van der Waals surface area contributed by atoms with E-state index in [1.165, 1.54) is 5.56 Å². The molecule has 0 aliphatic heterocycles. The van der Waals surface area contributed by atoms with E-state index in [2.05, 4.69) is 11.4 Å². The molecule has 0 aliphatic carbocycles. The molecule has 2 aromatic rings. The molecule has 0 fully saturated rings. The maximum absolute atomic E-state index is 11.6. The third-order valence-corrected chi connectivity index (χ3v) is 3.40. The van der Waals surface area contributed by atoms with Gasteiger partial charge in [-0.15, -0.1) is 0 Å². The van der Waals surface area contributed by atoms with Crippen LogP contribution in [-0.2, 0) is 11.2 Å². The highest BCUT2D eigenvalue weighted by atomic mass is 16.5. The highest BCUT2D eigenvalue weighted by Gasteiger charge is 2.05. The second-order valence-electron chi connectivity index (χ2n) is 5.03. The first kappa shape index (κ1) is 15.9. The molecule has 0 unspecified atom stereocenters. The second-order valence-corrected chi connectivity index (χ2v) is 5.03. The molecular weight excluding hydrogens is 276 g/mol. The predicted molar refractivity (Wildman–Crippen MR) is 90.1 cm³/mol. The zero-order valence-electron chi connectivity index (χ0n) is 12.8. The Balaban J connectivity index is 1.78. The van der Waals surface area contributed by atoms with Gasteiger partial charge in [-0.1, -0.05) is 18.2 Å². The smallest absolute Gasteiger partial charge is 0.338 e. The number of carbonyl (C=O) groups is 1. The van der Waals surface area contributed by atoms with Crippen molar-refractivity contribution in [2.75, 3.05) is 24.2 Å². The number of nitrogen functional groups attached to an aromatic ring is 1. The molecule has 0 aromatic heterocycles. The number of ether oxygens (including phenoxy) is 1. The van der Waals surface area contributed by atoms with Crippen LogP contribution in [-0.4, -0.2) is 19.1 Å². The van der Waals surface area contributed by atoms with Crippen LogP contribution in [0.5, 0.6) is 0 Å². The fourth-order valence-corrected chi connectivity index (χ4v) is 2.21. The van der Waals surface area contributed by atoms with Crippen molar-refractivity contribution in [1.29, 1.82) is 0 Å². The minimum atomic E-state index is -0.284. The van der Waals surface area contributed by atoms with Gasteiger partial charge in [-0.25, -0.2) is 4.79 Å². The summed E-state index contributed by atoms with van der Waals surface area (Å²) in [7, 11) is 0. The van der Waals surface area contributed by atoms with Gasteiger partial charge < -0.3 is 15.8 Å². The largest absolute Gasteiger partial charge is 0.462 e. The van der Waals surface area contributed by atoms with Crippen LogP contribution in [0.1, 0.15) is 29.3 Å². The third-order valence-electron chi connectivity index (χ3n) is 3.40. The van der Waals surface area contributed by atoms with Gasteiger partial charge in [-0.05, 0) is 55.7 Å². The lowest BCUT2D eigenvalue weighted by Crippen LogP contribution is -2.06. The first-order chi connectivity index (χ1) is 10.7. The average Bonchev–Trinajstić information content (AvgIpc) is 2.54. The van der Waals surface area contributed by atoms with E-state index in [9.17, 15) is 4.79 Å². The fourth-order valence-electron chi connectivity index (χ4n) is 2.21. The van der Waals surface area contributed by atoms with Gasteiger partial charge in [-0.2, -0.15) is 0 Å². The van der Waals surface area contributed by atoms with E-state index in [0.717, 1.165) is 30.8 Å². The molecule has 4 nitrogen and oxygen atoms in total. The summed E-state index contributed by atoms with van der Waals surface area (Å²) in [6, 6.07) is 15.3. The summed E-state index contributed by atoms with van der Waals surface area (Å²) < 4.78 is 4.96. The van der Waals surface area contributed by atoms with Crippen molar-refractivity contribution in [3.63, 3.8) is 0 Å². The van der Waals surface area contributed by atoms with Gasteiger partial charge in [0.2, 0.25) is 0 Å². The maximum Gasteiger partial charge on any atom is 0.338 e. The van der Waals surface area contributed by atoms with Gasteiger partial charge >= 0.3 is 5.97 Å². The molecule has 116 valence electrons. The van der Waals surface area contributed by atoms with E-state index in [4.69, 9.17) is 10.5 Å². The first-order valence-electron chi connectivity index (χ1n) is 7.55. The first-order valence-corrected chi connectivity index (χ1v) is 7.55. The molecule has 0 amide bonds. The van der Waals surface area contributed by atoms with Crippen LogP contribution < -0.4 is 11.1 Å². The minimum absolute atomic E-state index is 0.284. The van der Waals surface area contributed by atoms with Gasteiger partial charge in [0.05, 0.1) is 12.2 Å². The van der Waals surface area contributed by atoms with Crippen molar-refractivity contribution in [1.82, 2.24) is 0 Å². The molecule has 4 heteroatoms. The minimum Gasteiger partial charge on any atom is -0.462 e. The summed E-state index contributed by atoms with van der Waals surface area (Å²) >= 11 is 0. The zero-order valence-corrected chi connectivity index (χ0v) is 12.8. The SMILES string of the molecule is CCOC(=O)c1ccc(NCCCc2ccccc2N)cc1. The molecule has 2 rings (SSSR count). The molecule has 0 aliphatic rings. The van der Waals surface area contributed by atoms with Crippen LogP contribution in [0.25, 0.3) is 0 Å². The number of nitrogens with two attached hydrogens (primary N) is 1. The van der Waals surface area contributed by atoms with Crippen molar-refractivity contribution >= 4 is 17.3 Å². The Morgan fingerprint density at radius 1 is 1.14 bits per heavy atom. The Morgan fingerprint density at radius 3 is 2.55 bits per heavy atom. The summed E-state index contributed by atoms with van der Waals surface area (Å²) in [4.78, 5) is 11.6. The van der Waals surface area contributed by atoms with E-state index in [0.29, 0.717) is 12.2 Å². The Hall–Kier alpha value is -2.49. The molecule has 0 bridgehead atoms. The highest BCUT2D eigenvalue weighted by Crippen LogP contribution is 2.14. The lowest BCUT2D eigenvalue weighted by atomic mass is 10.1. The average molecular weight is 298 g/mol. The van der Waals surface area contributed by atoms with Crippen LogP contribution in [0.2, 0.25) is 0 Å². The Morgan fingerprint density at radius 2 is 1.86 bits per heavy atom. The number of aryl methyl sites for hydroxylation is 1. The van der Waals surface area contributed by atoms with Crippen LogP contribution in [0.4, 0.5) is 11.4 Å². The van der Waals surface area contributed by atoms with Crippen molar-refractivity contribution in [3.8, 4) is 0 Å². The number of nitrogens with one attached hydrogen (secondary N) is 1. The number of para-hydroxylation sites is 1. The molecule has 0 atom stereocenters. The summed E-state index contributed by atoms with van der Waals surface area (Å²) in [5, 5.41) is 3.34. The van der Waals surface area contributed by atoms with Crippen molar-refractivity contribution in [3.05, 3.63) is 59.7 Å². The fraction of sp³-hybridized carbons (Fsp3) is 0.278. The molecule has 0 saturated heterocycles. The monoisotopic (exact) mass is 298 g/mol. The summed E-state index contributed by atoms with van der Waals surface area (Å²) in [5.41, 5.74) is 9.52. The highest BCUT2D eigenvalue weighted by molar-refractivity contribution is 5.89. The van der Waals surface area contributed by atoms with Gasteiger partial charge in [0.15, 0.2) is 0 Å². The molecule has 2 aromatic carbocycles. The lowest BCUT2D eigenvalue weighted by Gasteiger charge is -2.08. The molecule has 0 saturated carbocycles. The normalized spacial score (nSPS) is 10.2. The zero-order chi connectivity index (χ0) is 15.8. The molecular formula is C18H22N2O2.